The zero-order chi connectivity index (χ0) is 16.2. The fourth-order valence-electron chi connectivity index (χ4n) is 3.45. The number of carbonyl (C=O) groups is 2. The summed E-state index contributed by atoms with van der Waals surface area (Å²) in [6.07, 6.45) is 7.06. The third-order valence-corrected chi connectivity index (χ3v) is 4.68. The third kappa shape index (κ3) is 3.73. The Bertz CT molecular complexity index is 701. The van der Waals surface area contributed by atoms with Crippen molar-refractivity contribution in [2.45, 2.75) is 44.6 Å². The molecule has 1 fully saturated rings. The highest BCUT2D eigenvalue weighted by Gasteiger charge is 2.24. The van der Waals surface area contributed by atoms with Gasteiger partial charge in [0, 0.05) is 29.9 Å². The highest BCUT2D eigenvalue weighted by atomic mass is 16.4. The molecular weight excluding hydrogens is 292 g/mol. The number of aliphatic carboxylic acids is 1. The van der Waals surface area contributed by atoms with Crippen LogP contribution in [0.4, 0.5) is 0 Å². The van der Waals surface area contributed by atoms with E-state index in [1.807, 2.05) is 30.5 Å². The number of fused-ring (bicyclic) bond motifs is 1. The van der Waals surface area contributed by atoms with Crippen molar-refractivity contribution in [1.82, 2.24) is 10.3 Å². The minimum Gasteiger partial charge on any atom is -0.480 e. The molecule has 2 aromatic rings. The van der Waals surface area contributed by atoms with Gasteiger partial charge < -0.3 is 15.4 Å². The van der Waals surface area contributed by atoms with E-state index in [1.54, 1.807) is 0 Å². The first-order valence-electron chi connectivity index (χ1n) is 8.20. The summed E-state index contributed by atoms with van der Waals surface area (Å²) in [7, 11) is 0. The van der Waals surface area contributed by atoms with E-state index in [-0.39, 0.29) is 12.3 Å². The van der Waals surface area contributed by atoms with Crippen molar-refractivity contribution >= 4 is 22.8 Å². The van der Waals surface area contributed by atoms with Gasteiger partial charge in [-0.25, -0.2) is 4.79 Å². The molecule has 5 heteroatoms. The largest absolute Gasteiger partial charge is 0.480 e. The van der Waals surface area contributed by atoms with E-state index in [2.05, 4.69) is 10.3 Å². The fraction of sp³-hybridized carbons (Fsp3) is 0.444. The summed E-state index contributed by atoms with van der Waals surface area (Å²) in [6.45, 7) is 0. The van der Waals surface area contributed by atoms with Gasteiger partial charge in [-0.2, -0.15) is 0 Å². The number of aromatic amines is 1. The Hall–Kier alpha value is -2.30. The molecular formula is C18H22N2O3. The highest BCUT2D eigenvalue weighted by molar-refractivity contribution is 5.86. The lowest BCUT2D eigenvalue weighted by atomic mass is 10.0. The van der Waals surface area contributed by atoms with Crippen molar-refractivity contribution in [2.24, 2.45) is 5.92 Å². The smallest absolute Gasteiger partial charge is 0.326 e. The van der Waals surface area contributed by atoms with Crippen molar-refractivity contribution in [1.29, 1.82) is 0 Å². The second kappa shape index (κ2) is 6.86. The molecule has 23 heavy (non-hydrogen) atoms. The molecule has 0 spiro atoms. The van der Waals surface area contributed by atoms with Crippen LogP contribution in [0.2, 0.25) is 0 Å². The molecule has 1 aromatic heterocycles. The summed E-state index contributed by atoms with van der Waals surface area (Å²) >= 11 is 0. The van der Waals surface area contributed by atoms with E-state index in [4.69, 9.17) is 0 Å². The summed E-state index contributed by atoms with van der Waals surface area (Å²) in [4.78, 5) is 26.8. The summed E-state index contributed by atoms with van der Waals surface area (Å²) in [5.41, 5.74) is 1.89. The van der Waals surface area contributed by atoms with E-state index < -0.39 is 12.0 Å². The van der Waals surface area contributed by atoms with E-state index in [1.165, 1.54) is 12.8 Å². The van der Waals surface area contributed by atoms with Gasteiger partial charge in [-0.05, 0) is 30.4 Å². The van der Waals surface area contributed by atoms with Crippen molar-refractivity contribution in [3.8, 4) is 0 Å². The number of rotatable bonds is 6. The summed E-state index contributed by atoms with van der Waals surface area (Å²) in [5, 5.41) is 13.1. The molecule has 0 saturated heterocycles. The lowest BCUT2D eigenvalue weighted by Gasteiger charge is -2.16. The van der Waals surface area contributed by atoms with Crippen molar-refractivity contribution in [3.63, 3.8) is 0 Å². The van der Waals surface area contributed by atoms with Crippen LogP contribution in [0.1, 0.15) is 37.7 Å². The Morgan fingerprint density at radius 1 is 1.26 bits per heavy atom. The summed E-state index contributed by atoms with van der Waals surface area (Å²) in [5.74, 6) is -0.725. The molecule has 1 atom stereocenters. The van der Waals surface area contributed by atoms with Gasteiger partial charge in [-0.15, -0.1) is 0 Å². The molecule has 0 bridgehead atoms. The molecule has 0 aliphatic heterocycles. The van der Waals surface area contributed by atoms with Crippen LogP contribution in [-0.2, 0) is 16.0 Å². The Kier molecular flexibility index (Phi) is 4.65. The molecule has 1 aromatic carbocycles. The minimum atomic E-state index is -0.991. The van der Waals surface area contributed by atoms with Gasteiger partial charge in [-0.3, -0.25) is 4.79 Å². The SMILES string of the molecule is O=C(CC1CCCC1)N[C@H](Cc1c[nH]c2ccccc12)C(=O)O. The van der Waals surface area contributed by atoms with Gasteiger partial charge in [0.1, 0.15) is 6.04 Å². The van der Waals surface area contributed by atoms with Gasteiger partial charge in [0.15, 0.2) is 0 Å². The maximum Gasteiger partial charge on any atom is 0.326 e. The lowest BCUT2D eigenvalue weighted by molar-refractivity contribution is -0.141. The number of benzene rings is 1. The topological polar surface area (TPSA) is 82.2 Å². The van der Waals surface area contributed by atoms with E-state index in [0.717, 1.165) is 29.3 Å². The predicted octanol–water partition coefficient (Wildman–Crippen LogP) is 2.86. The number of amides is 1. The van der Waals surface area contributed by atoms with Crippen LogP contribution in [0, 0.1) is 5.92 Å². The van der Waals surface area contributed by atoms with Crippen LogP contribution in [0.15, 0.2) is 30.5 Å². The number of carbonyl (C=O) groups excluding carboxylic acids is 1. The third-order valence-electron chi connectivity index (χ3n) is 4.68. The number of para-hydroxylation sites is 1. The zero-order valence-electron chi connectivity index (χ0n) is 13.0. The first kappa shape index (κ1) is 15.6. The van der Waals surface area contributed by atoms with Crippen LogP contribution in [-0.4, -0.2) is 28.0 Å². The monoisotopic (exact) mass is 314 g/mol. The van der Waals surface area contributed by atoms with Crippen molar-refractivity contribution in [2.75, 3.05) is 0 Å². The van der Waals surface area contributed by atoms with Crippen LogP contribution in [0.5, 0.6) is 0 Å². The standard InChI is InChI=1S/C18H22N2O3/c21-17(9-12-5-1-2-6-12)20-16(18(22)23)10-13-11-19-15-8-4-3-7-14(13)15/h3-4,7-8,11-12,16,19H,1-2,5-6,9-10H2,(H,20,21)(H,22,23)/t16-/m1/s1. The number of aromatic nitrogens is 1. The summed E-state index contributed by atoms with van der Waals surface area (Å²) in [6, 6.07) is 6.88. The first-order valence-corrected chi connectivity index (χ1v) is 8.20. The van der Waals surface area contributed by atoms with Crippen LogP contribution >= 0.6 is 0 Å². The van der Waals surface area contributed by atoms with E-state index >= 15 is 0 Å². The average Bonchev–Trinajstić information content (AvgIpc) is 3.16. The number of hydrogen-bond acceptors (Lipinski definition) is 2. The maximum atomic E-state index is 12.1. The zero-order valence-corrected chi connectivity index (χ0v) is 13.0. The normalized spacial score (nSPS) is 16.5. The number of H-pyrrole nitrogens is 1. The molecule has 0 unspecified atom stereocenters. The Morgan fingerprint density at radius 3 is 2.74 bits per heavy atom. The van der Waals surface area contributed by atoms with Gasteiger partial charge in [0.25, 0.3) is 0 Å². The molecule has 1 amide bonds. The Labute approximate surface area is 135 Å². The van der Waals surface area contributed by atoms with Gasteiger partial charge in [-0.1, -0.05) is 31.0 Å². The maximum absolute atomic E-state index is 12.1. The molecule has 3 N–H and O–H groups in total. The van der Waals surface area contributed by atoms with Crippen LogP contribution in [0.25, 0.3) is 10.9 Å². The highest BCUT2D eigenvalue weighted by Crippen LogP contribution is 2.27. The molecule has 1 heterocycles. The lowest BCUT2D eigenvalue weighted by Crippen LogP contribution is -2.42. The second-order valence-corrected chi connectivity index (χ2v) is 6.38. The molecule has 0 radical (unpaired) electrons. The van der Waals surface area contributed by atoms with Gasteiger partial charge >= 0.3 is 5.97 Å². The number of carboxylic acid groups (broad SMARTS) is 1. The Balaban J connectivity index is 1.66. The fourth-order valence-corrected chi connectivity index (χ4v) is 3.45. The number of nitrogens with one attached hydrogen (secondary N) is 2. The Morgan fingerprint density at radius 2 is 2.00 bits per heavy atom. The first-order chi connectivity index (χ1) is 11.1. The average molecular weight is 314 g/mol. The molecule has 1 saturated carbocycles. The number of carboxylic acids is 1. The molecule has 1 aliphatic carbocycles. The second-order valence-electron chi connectivity index (χ2n) is 6.38. The van der Waals surface area contributed by atoms with E-state index in [0.29, 0.717) is 12.3 Å². The van der Waals surface area contributed by atoms with Gasteiger partial charge in [0.2, 0.25) is 5.91 Å². The quantitative estimate of drug-likeness (QED) is 0.767. The van der Waals surface area contributed by atoms with Crippen LogP contribution < -0.4 is 5.32 Å². The molecule has 5 nitrogen and oxygen atoms in total. The summed E-state index contributed by atoms with van der Waals surface area (Å²) < 4.78 is 0. The molecule has 1 aliphatic rings. The van der Waals surface area contributed by atoms with Crippen LogP contribution in [0.3, 0.4) is 0 Å². The van der Waals surface area contributed by atoms with Crippen molar-refractivity contribution < 1.29 is 14.7 Å². The van der Waals surface area contributed by atoms with Gasteiger partial charge in [0.05, 0.1) is 0 Å². The van der Waals surface area contributed by atoms with Crippen molar-refractivity contribution in [3.05, 3.63) is 36.0 Å². The van der Waals surface area contributed by atoms with E-state index in [9.17, 15) is 14.7 Å². The molecule has 122 valence electrons. The predicted molar refractivity (Wildman–Crippen MR) is 88.1 cm³/mol. The minimum absolute atomic E-state index is 0.149. The number of hydrogen-bond donors (Lipinski definition) is 3. The molecule has 3 rings (SSSR count).